The van der Waals surface area contributed by atoms with Crippen molar-refractivity contribution < 1.29 is 19.4 Å². The highest BCUT2D eigenvalue weighted by Crippen LogP contribution is 2.25. The van der Waals surface area contributed by atoms with Crippen LogP contribution >= 0.6 is 11.3 Å². The summed E-state index contributed by atoms with van der Waals surface area (Å²) in [6.45, 7) is 2.61. The predicted octanol–water partition coefficient (Wildman–Crippen LogP) is 1.29. The first-order chi connectivity index (χ1) is 9.04. The molecule has 1 atom stereocenters. The molecule has 1 amide bonds. The van der Waals surface area contributed by atoms with Crippen LogP contribution in [0.25, 0.3) is 0 Å². The number of carboxylic acid groups (broad SMARTS) is 1. The molecule has 1 aromatic heterocycles. The zero-order valence-corrected chi connectivity index (χ0v) is 11.7. The molecular formula is C12H16N2O4S. The van der Waals surface area contributed by atoms with Gasteiger partial charge < -0.3 is 14.7 Å². The Kier molecular flexibility index (Phi) is 4.16. The summed E-state index contributed by atoms with van der Waals surface area (Å²) >= 11 is 1.27. The number of methoxy groups -OCH3 is 1. The van der Waals surface area contributed by atoms with Crippen molar-refractivity contribution >= 4 is 23.2 Å². The molecule has 1 aliphatic rings. The van der Waals surface area contributed by atoms with Crippen LogP contribution < -0.4 is 0 Å². The Hall–Kier alpha value is -1.47. The fourth-order valence-electron chi connectivity index (χ4n) is 2.23. The molecule has 1 aromatic rings. The number of carbonyl (C=O) groups is 2. The van der Waals surface area contributed by atoms with E-state index in [9.17, 15) is 9.59 Å². The Morgan fingerprint density at radius 1 is 1.58 bits per heavy atom. The maximum Gasteiger partial charge on any atom is 0.326 e. The minimum atomic E-state index is -0.940. The summed E-state index contributed by atoms with van der Waals surface area (Å²) in [5.74, 6) is -1.17. The van der Waals surface area contributed by atoms with Gasteiger partial charge in [-0.05, 0) is 19.8 Å². The molecule has 7 heteroatoms. The maximum atomic E-state index is 12.4. The smallest absolute Gasteiger partial charge is 0.326 e. The summed E-state index contributed by atoms with van der Waals surface area (Å²) < 4.78 is 4.99. The van der Waals surface area contributed by atoms with Gasteiger partial charge in [0.15, 0.2) is 0 Å². The monoisotopic (exact) mass is 284 g/mol. The number of aryl methyl sites for hydroxylation is 1. The number of nitrogens with zero attached hydrogens (tertiary/aromatic N) is 2. The van der Waals surface area contributed by atoms with Gasteiger partial charge in [-0.2, -0.15) is 0 Å². The molecule has 0 saturated carbocycles. The highest BCUT2D eigenvalue weighted by atomic mass is 32.1. The van der Waals surface area contributed by atoms with Gasteiger partial charge in [-0.15, -0.1) is 11.3 Å². The minimum Gasteiger partial charge on any atom is -0.480 e. The van der Waals surface area contributed by atoms with E-state index in [-0.39, 0.29) is 5.91 Å². The molecule has 6 nitrogen and oxygen atoms in total. The Bertz CT molecular complexity index is 500. The fourth-order valence-corrected chi connectivity index (χ4v) is 3.23. The van der Waals surface area contributed by atoms with E-state index >= 15 is 0 Å². The number of thiazole rings is 1. The Morgan fingerprint density at radius 2 is 2.32 bits per heavy atom. The van der Waals surface area contributed by atoms with Crippen LogP contribution in [-0.2, 0) is 16.1 Å². The van der Waals surface area contributed by atoms with Crippen LogP contribution in [0.3, 0.4) is 0 Å². The minimum absolute atomic E-state index is 0.234. The van der Waals surface area contributed by atoms with E-state index in [1.807, 2.05) is 0 Å². The molecule has 19 heavy (non-hydrogen) atoms. The van der Waals surface area contributed by atoms with Crippen molar-refractivity contribution in [2.45, 2.75) is 32.4 Å². The summed E-state index contributed by atoms with van der Waals surface area (Å²) in [4.78, 5) is 29.7. The first kappa shape index (κ1) is 14.0. The van der Waals surface area contributed by atoms with Crippen LogP contribution in [0.2, 0.25) is 0 Å². The Labute approximate surface area is 115 Å². The van der Waals surface area contributed by atoms with Gasteiger partial charge in [-0.25, -0.2) is 9.78 Å². The van der Waals surface area contributed by atoms with Crippen LogP contribution in [-0.4, -0.2) is 46.6 Å². The van der Waals surface area contributed by atoms with E-state index in [0.717, 1.165) is 11.4 Å². The molecule has 1 N–H and O–H groups in total. The van der Waals surface area contributed by atoms with E-state index < -0.39 is 12.0 Å². The number of rotatable bonds is 4. The average Bonchev–Trinajstić information content (AvgIpc) is 2.95. The fraction of sp³-hybridized carbons (Fsp3) is 0.583. The molecule has 2 rings (SSSR count). The average molecular weight is 284 g/mol. The van der Waals surface area contributed by atoms with Gasteiger partial charge in [0, 0.05) is 13.7 Å². The normalized spacial score (nSPS) is 18.8. The number of hydrogen-bond donors (Lipinski definition) is 1. The number of ether oxygens (including phenoxy) is 1. The van der Waals surface area contributed by atoms with Crippen molar-refractivity contribution in [3.05, 3.63) is 15.6 Å². The summed E-state index contributed by atoms with van der Waals surface area (Å²) in [5, 5.41) is 9.84. The van der Waals surface area contributed by atoms with Crippen LogP contribution in [0.15, 0.2) is 0 Å². The SMILES string of the molecule is COCc1nc(C)c(C(=O)N2CCC[C@@H]2C(=O)O)s1. The van der Waals surface area contributed by atoms with Gasteiger partial charge in [0.05, 0.1) is 12.3 Å². The van der Waals surface area contributed by atoms with Crippen molar-refractivity contribution in [2.75, 3.05) is 13.7 Å². The zero-order valence-electron chi connectivity index (χ0n) is 10.9. The van der Waals surface area contributed by atoms with E-state index in [1.54, 1.807) is 14.0 Å². The zero-order chi connectivity index (χ0) is 14.0. The van der Waals surface area contributed by atoms with Crippen LogP contribution in [0.1, 0.15) is 33.2 Å². The van der Waals surface area contributed by atoms with Crippen molar-refractivity contribution in [3.8, 4) is 0 Å². The molecule has 1 saturated heterocycles. The van der Waals surface area contributed by atoms with Crippen molar-refractivity contribution in [2.24, 2.45) is 0 Å². The number of carbonyl (C=O) groups excluding carboxylic acids is 1. The lowest BCUT2D eigenvalue weighted by atomic mass is 10.2. The lowest BCUT2D eigenvalue weighted by Gasteiger charge is -2.20. The molecule has 0 aromatic carbocycles. The number of amides is 1. The van der Waals surface area contributed by atoms with Crippen LogP contribution in [0.4, 0.5) is 0 Å². The van der Waals surface area contributed by atoms with Crippen molar-refractivity contribution in [3.63, 3.8) is 0 Å². The highest BCUT2D eigenvalue weighted by molar-refractivity contribution is 7.13. The number of likely N-dealkylation sites (tertiary alicyclic amines) is 1. The molecular weight excluding hydrogens is 268 g/mol. The summed E-state index contributed by atoms with van der Waals surface area (Å²) in [6, 6.07) is -0.708. The Morgan fingerprint density at radius 3 is 2.95 bits per heavy atom. The lowest BCUT2D eigenvalue weighted by molar-refractivity contribution is -0.141. The topological polar surface area (TPSA) is 79.7 Å². The predicted molar refractivity (Wildman–Crippen MR) is 69.3 cm³/mol. The summed E-state index contributed by atoms with van der Waals surface area (Å²) in [6.07, 6.45) is 1.25. The van der Waals surface area contributed by atoms with Crippen molar-refractivity contribution in [1.82, 2.24) is 9.88 Å². The Balaban J connectivity index is 2.21. The molecule has 0 unspecified atom stereocenters. The second-order valence-electron chi connectivity index (χ2n) is 4.45. The van der Waals surface area contributed by atoms with E-state index in [4.69, 9.17) is 9.84 Å². The van der Waals surface area contributed by atoms with Crippen molar-refractivity contribution in [1.29, 1.82) is 0 Å². The first-order valence-electron chi connectivity index (χ1n) is 6.03. The third kappa shape index (κ3) is 2.76. The molecule has 2 heterocycles. The summed E-state index contributed by atoms with van der Waals surface area (Å²) in [5.41, 5.74) is 0.637. The molecule has 0 radical (unpaired) electrons. The largest absolute Gasteiger partial charge is 0.480 e. The van der Waals surface area contributed by atoms with Gasteiger partial charge in [0.1, 0.15) is 15.9 Å². The van der Waals surface area contributed by atoms with E-state index in [2.05, 4.69) is 4.98 Å². The van der Waals surface area contributed by atoms with Gasteiger partial charge in [-0.3, -0.25) is 4.79 Å². The van der Waals surface area contributed by atoms with Crippen LogP contribution in [0, 0.1) is 6.92 Å². The summed E-state index contributed by atoms with van der Waals surface area (Å²) in [7, 11) is 1.57. The first-order valence-corrected chi connectivity index (χ1v) is 6.85. The second kappa shape index (κ2) is 5.66. The third-order valence-corrected chi connectivity index (χ3v) is 4.22. The second-order valence-corrected chi connectivity index (χ2v) is 5.53. The molecule has 0 bridgehead atoms. The van der Waals surface area contributed by atoms with E-state index in [1.165, 1.54) is 16.2 Å². The standard InChI is InChI=1S/C12H16N2O4S/c1-7-10(19-9(13-7)6-18-2)11(15)14-5-3-4-8(14)12(16)17/h8H,3-6H2,1-2H3,(H,16,17)/t8-/m1/s1. The molecule has 1 aliphatic heterocycles. The van der Waals surface area contributed by atoms with E-state index in [0.29, 0.717) is 30.1 Å². The quantitative estimate of drug-likeness (QED) is 0.901. The molecule has 0 aliphatic carbocycles. The van der Waals surface area contributed by atoms with Gasteiger partial charge in [-0.1, -0.05) is 0 Å². The van der Waals surface area contributed by atoms with Gasteiger partial charge >= 0.3 is 5.97 Å². The molecule has 0 spiro atoms. The number of aromatic nitrogens is 1. The number of hydrogen-bond acceptors (Lipinski definition) is 5. The molecule has 104 valence electrons. The molecule has 1 fully saturated rings. The number of carboxylic acids is 1. The lowest BCUT2D eigenvalue weighted by Crippen LogP contribution is -2.40. The third-order valence-electron chi connectivity index (χ3n) is 3.10. The van der Waals surface area contributed by atoms with Gasteiger partial charge in [0.2, 0.25) is 0 Å². The maximum absolute atomic E-state index is 12.4. The number of aliphatic carboxylic acids is 1. The van der Waals surface area contributed by atoms with Gasteiger partial charge in [0.25, 0.3) is 5.91 Å². The highest BCUT2D eigenvalue weighted by Gasteiger charge is 2.35. The van der Waals surface area contributed by atoms with Crippen LogP contribution in [0.5, 0.6) is 0 Å².